The first-order valence-electron chi connectivity index (χ1n) is 6.52. The van der Waals surface area contributed by atoms with Crippen molar-refractivity contribution in [3.8, 4) is 0 Å². The predicted molar refractivity (Wildman–Crippen MR) is 71.9 cm³/mol. The molecule has 0 saturated heterocycles. The average Bonchev–Trinajstić information content (AvgIpc) is 2.64. The molecule has 5 heteroatoms. The maximum atomic E-state index is 10.9. The van der Waals surface area contributed by atoms with Gasteiger partial charge in [0.15, 0.2) is 0 Å². The van der Waals surface area contributed by atoms with Crippen LogP contribution in [0.5, 0.6) is 0 Å². The molecule has 3 N–H and O–H groups in total. The largest absolute Gasteiger partial charge is 0.480 e. The van der Waals surface area contributed by atoms with Crippen molar-refractivity contribution in [1.29, 1.82) is 0 Å². The topological polar surface area (TPSA) is 81.1 Å². The number of aryl methyl sites for hydroxylation is 1. The molecule has 0 bridgehead atoms. The number of rotatable bonds is 3. The molecule has 1 atom stereocenters. The number of hydrogen-bond donors (Lipinski definition) is 2. The quantitative estimate of drug-likeness (QED) is 0.882. The zero-order valence-electron chi connectivity index (χ0n) is 10.8. The van der Waals surface area contributed by atoms with Crippen molar-refractivity contribution in [3.63, 3.8) is 0 Å². The maximum Gasteiger partial charge on any atom is 0.325 e. The van der Waals surface area contributed by atoms with Gasteiger partial charge < -0.3 is 15.4 Å². The van der Waals surface area contributed by atoms with Gasteiger partial charge >= 0.3 is 5.97 Å². The highest BCUT2D eigenvalue weighted by Gasteiger charge is 2.25. The first-order chi connectivity index (χ1) is 9.08. The number of aliphatic carboxylic acids is 1. The van der Waals surface area contributed by atoms with Crippen LogP contribution < -0.4 is 5.73 Å². The molecule has 0 aliphatic heterocycles. The third-order valence-corrected chi connectivity index (χ3v) is 4.03. The molecule has 1 aliphatic carbocycles. The summed E-state index contributed by atoms with van der Waals surface area (Å²) in [7, 11) is 1.99. The maximum absolute atomic E-state index is 10.9. The van der Waals surface area contributed by atoms with E-state index in [0.29, 0.717) is 11.5 Å². The highest BCUT2D eigenvalue weighted by molar-refractivity contribution is 5.81. The summed E-state index contributed by atoms with van der Waals surface area (Å²) in [5.41, 5.74) is 8.13. The van der Waals surface area contributed by atoms with Crippen LogP contribution in [-0.2, 0) is 11.8 Å². The second-order valence-electron chi connectivity index (χ2n) is 5.22. The molecule has 100 valence electrons. The second kappa shape index (κ2) is 4.35. The van der Waals surface area contributed by atoms with Gasteiger partial charge in [0.1, 0.15) is 11.9 Å². The van der Waals surface area contributed by atoms with Crippen molar-refractivity contribution in [2.75, 3.05) is 0 Å². The number of carboxylic acids is 1. The Hall–Kier alpha value is -1.88. The Morgan fingerprint density at radius 2 is 2.26 bits per heavy atom. The molecule has 19 heavy (non-hydrogen) atoms. The lowest BCUT2D eigenvalue weighted by Gasteiger charge is -2.24. The van der Waals surface area contributed by atoms with E-state index in [-0.39, 0.29) is 0 Å². The molecular formula is C14H17N3O2. The van der Waals surface area contributed by atoms with Gasteiger partial charge in [-0.1, -0.05) is 12.5 Å². The fraction of sp³-hybridized carbons (Fsp3) is 0.429. The second-order valence-corrected chi connectivity index (χ2v) is 5.22. The van der Waals surface area contributed by atoms with E-state index in [1.54, 1.807) is 6.07 Å². The summed E-state index contributed by atoms with van der Waals surface area (Å²) in [4.78, 5) is 15.6. The summed E-state index contributed by atoms with van der Waals surface area (Å²) in [6, 6.07) is 4.46. The van der Waals surface area contributed by atoms with Crippen LogP contribution in [0.2, 0.25) is 0 Å². The van der Waals surface area contributed by atoms with Crippen molar-refractivity contribution < 1.29 is 9.90 Å². The van der Waals surface area contributed by atoms with Crippen molar-refractivity contribution in [1.82, 2.24) is 9.55 Å². The van der Waals surface area contributed by atoms with Crippen LogP contribution in [0.25, 0.3) is 11.0 Å². The Morgan fingerprint density at radius 3 is 2.84 bits per heavy atom. The van der Waals surface area contributed by atoms with Crippen molar-refractivity contribution in [2.24, 2.45) is 12.8 Å². The Kier molecular flexibility index (Phi) is 2.78. The van der Waals surface area contributed by atoms with Gasteiger partial charge in [-0.15, -0.1) is 0 Å². The van der Waals surface area contributed by atoms with E-state index >= 15 is 0 Å². The Morgan fingerprint density at radius 1 is 1.53 bits per heavy atom. The van der Waals surface area contributed by atoms with Crippen molar-refractivity contribution in [2.45, 2.75) is 31.2 Å². The molecule has 3 rings (SSSR count). The third-order valence-electron chi connectivity index (χ3n) is 4.03. The number of imidazole rings is 1. The minimum absolute atomic E-state index is 0.550. The summed E-state index contributed by atoms with van der Waals surface area (Å²) in [6.45, 7) is 0. The first-order valence-corrected chi connectivity index (χ1v) is 6.52. The van der Waals surface area contributed by atoms with Gasteiger partial charge in [0.25, 0.3) is 0 Å². The van der Waals surface area contributed by atoms with Crippen molar-refractivity contribution >= 4 is 17.0 Å². The van der Waals surface area contributed by atoms with Crippen LogP contribution in [-0.4, -0.2) is 20.6 Å². The van der Waals surface area contributed by atoms with E-state index in [1.807, 2.05) is 19.2 Å². The van der Waals surface area contributed by atoms with Gasteiger partial charge in [0.2, 0.25) is 0 Å². The molecule has 1 aromatic heterocycles. The van der Waals surface area contributed by atoms with E-state index in [9.17, 15) is 4.79 Å². The number of fused-ring (bicyclic) bond motifs is 1. The number of hydrogen-bond acceptors (Lipinski definition) is 3. The van der Waals surface area contributed by atoms with Gasteiger partial charge in [-0.2, -0.15) is 0 Å². The van der Waals surface area contributed by atoms with E-state index in [2.05, 4.69) is 9.55 Å². The molecule has 1 aromatic carbocycles. The van der Waals surface area contributed by atoms with Crippen LogP contribution in [0.3, 0.4) is 0 Å². The van der Waals surface area contributed by atoms with Gasteiger partial charge in [0.05, 0.1) is 11.0 Å². The van der Waals surface area contributed by atoms with Gasteiger partial charge in [-0.05, 0) is 30.5 Å². The standard InChI is InChI=1S/C14H17N3O2/c1-17-11-7-9(12(15)14(18)19)5-6-10(11)16-13(17)8-3-2-4-8/h5-8,12H,2-4,15H2,1H3,(H,18,19). The van der Waals surface area contributed by atoms with Crippen molar-refractivity contribution in [3.05, 3.63) is 29.6 Å². The van der Waals surface area contributed by atoms with Gasteiger partial charge in [-0.3, -0.25) is 4.79 Å². The highest BCUT2D eigenvalue weighted by Crippen LogP contribution is 2.36. The van der Waals surface area contributed by atoms with Crippen LogP contribution in [0.4, 0.5) is 0 Å². The average molecular weight is 259 g/mol. The Bertz CT molecular complexity index is 643. The Labute approximate surface area is 111 Å². The number of carbonyl (C=O) groups is 1. The summed E-state index contributed by atoms with van der Waals surface area (Å²) >= 11 is 0. The molecule has 1 unspecified atom stereocenters. The van der Waals surface area contributed by atoms with Crippen LogP contribution >= 0.6 is 0 Å². The normalized spacial score (nSPS) is 17.4. The van der Waals surface area contributed by atoms with Crippen LogP contribution in [0, 0.1) is 0 Å². The molecule has 0 spiro atoms. The number of nitrogens with zero attached hydrogens (tertiary/aromatic N) is 2. The monoisotopic (exact) mass is 259 g/mol. The van der Waals surface area contributed by atoms with Crippen LogP contribution in [0.1, 0.15) is 42.6 Å². The van der Waals surface area contributed by atoms with E-state index in [1.165, 1.54) is 19.3 Å². The molecule has 1 heterocycles. The van der Waals surface area contributed by atoms with Crippen LogP contribution in [0.15, 0.2) is 18.2 Å². The lowest BCUT2D eigenvalue weighted by Crippen LogP contribution is -2.20. The summed E-state index contributed by atoms with van der Waals surface area (Å²) in [5, 5.41) is 8.97. The third kappa shape index (κ3) is 1.90. The molecule has 0 amide bonds. The summed E-state index contributed by atoms with van der Waals surface area (Å²) in [5.74, 6) is 0.636. The molecule has 1 saturated carbocycles. The number of aromatic nitrogens is 2. The van der Waals surface area contributed by atoms with Gasteiger partial charge in [0, 0.05) is 13.0 Å². The SMILES string of the molecule is Cn1c(C2CCC2)nc2ccc(C(N)C(=O)O)cc21. The fourth-order valence-electron chi connectivity index (χ4n) is 2.59. The minimum Gasteiger partial charge on any atom is -0.480 e. The molecule has 1 aliphatic rings. The first kappa shape index (κ1) is 12.2. The summed E-state index contributed by atoms with van der Waals surface area (Å²) in [6.07, 6.45) is 3.65. The fourth-order valence-corrected chi connectivity index (χ4v) is 2.59. The van der Waals surface area contributed by atoms with Gasteiger partial charge in [-0.25, -0.2) is 4.98 Å². The molecule has 2 aromatic rings. The lowest BCUT2D eigenvalue weighted by molar-refractivity contribution is -0.138. The van der Waals surface area contributed by atoms with E-state index in [4.69, 9.17) is 10.8 Å². The van der Waals surface area contributed by atoms with E-state index in [0.717, 1.165) is 16.9 Å². The molecule has 5 nitrogen and oxygen atoms in total. The zero-order valence-corrected chi connectivity index (χ0v) is 10.8. The number of benzene rings is 1. The lowest BCUT2D eigenvalue weighted by atomic mass is 9.85. The zero-order chi connectivity index (χ0) is 13.6. The molecule has 1 fully saturated rings. The smallest absolute Gasteiger partial charge is 0.325 e. The molecular weight excluding hydrogens is 242 g/mol. The Balaban J connectivity index is 2.07. The highest BCUT2D eigenvalue weighted by atomic mass is 16.4. The number of carboxylic acid groups (broad SMARTS) is 1. The molecule has 0 radical (unpaired) electrons. The number of nitrogens with two attached hydrogens (primary N) is 1. The van der Waals surface area contributed by atoms with E-state index < -0.39 is 12.0 Å². The predicted octanol–water partition coefficient (Wildman–Crippen LogP) is 1.93. The minimum atomic E-state index is -1.01. The summed E-state index contributed by atoms with van der Waals surface area (Å²) < 4.78 is 2.07.